The van der Waals surface area contributed by atoms with E-state index < -0.39 is 0 Å². The molecule has 0 aromatic carbocycles. The molecule has 1 saturated carbocycles. The summed E-state index contributed by atoms with van der Waals surface area (Å²) >= 11 is 0. The van der Waals surface area contributed by atoms with Crippen molar-refractivity contribution in [2.24, 2.45) is 0 Å². The number of aromatic nitrogens is 2. The van der Waals surface area contributed by atoms with Crippen molar-refractivity contribution in [1.29, 1.82) is 0 Å². The quantitative estimate of drug-likeness (QED) is 0.694. The molecule has 0 aliphatic heterocycles. The number of aryl methyl sites for hydroxylation is 1. The van der Waals surface area contributed by atoms with Gasteiger partial charge in [0.15, 0.2) is 0 Å². The second kappa shape index (κ2) is 6.17. The first-order valence-corrected chi connectivity index (χ1v) is 6.72. The van der Waals surface area contributed by atoms with Gasteiger partial charge in [0.2, 0.25) is 0 Å². The highest BCUT2D eigenvalue weighted by atomic mass is 15.2. The molecule has 1 aliphatic carbocycles. The van der Waals surface area contributed by atoms with Gasteiger partial charge in [0, 0.05) is 38.1 Å². The number of likely N-dealkylation sites (N-methyl/N-ethyl adjacent to an activating group) is 1. The van der Waals surface area contributed by atoms with E-state index in [1.54, 1.807) is 0 Å². The lowest BCUT2D eigenvalue weighted by molar-refractivity contribution is 0.320. The van der Waals surface area contributed by atoms with Gasteiger partial charge >= 0.3 is 0 Å². The number of rotatable bonds is 8. The Hall–Kier alpha value is -0.870. The highest BCUT2D eigenvalue weighted by molar-refractivity contribution is 4.92. The molecule has 1 aromatic rings. The highest BCUT2D eigenvalue weighted by Gasteiger charge is 2.25. The molecule has 4 heteroatoms. The van der Waals surface area contributed by atoms with Crippen LogP contribution in [0.2, 0.25) is 0 Å². The van der Waals surface area contributed by atoms with E-state index in [1.807, 2.05) is 6.20 Å². The van der Waals surface area contributed by atoms with E-state index in [-0.39, 0.29) is 0 Å². The van der Waals surface area contributed by atoms with E-state index >= 15 is 0 Å². The van der Waals surface area contributed by atoms with Crippen LogP contribution in [0.4, 0.5) is 0 Å². The van der Waals surface area contributed by atoms with Crippen LogP contribution in [0.5, 0.6) is 0 Å². The molecule has 0 spiro atoms. The molecule has 0 atom stereocenters. The topological polar surface area (TPSA) is 33.1 Å². The van der Waals surface area contributed by atoms with Gasteiger partial charge in [-0.2, -0.15) is 0 Å². The maximum absolute atomic E-state index is 4.39. The van der Waals surface area contributed by atoms with Gasteiger partial charge in [0.05, 0.1) is 6.54 Å². The number of nitrogens with one attached hydrogen (secondary N) is 1. The molecular weight excluding hydrogens is 212 g/mol. The summed E-state index contributed by atoms with van der Waals surface area (Å²) in [5, 5.41) is 3.48. The zero-order valence-corrected chi connectivity index (χ0v) is 11.0. The van der Waals surface area contributed by atoms with E-state index in [4.69, 9.17) is 0 Å². The van der Waals surface area contributed by atoms with Crippen molar-refractivity contribution in [3.8, 4) is 0 Å². The van der Waals surface area contributed by atoms with Crippen LogP contribution in [0, 0.1) is 0 Å². The molecule has 1 aromatic heterocycles. The average Bonchev–Trinajstić information content (AvgIpc) is 3.08. The fourth-order valence-corrected chi connectivity index (χ4v) is 2.11. The Balaban J connectivity index is 1.64. The second-order valence-electron chi connectivity index (χ2n) is 4.93. The fourth-order valence-electron chi connectivity index (χ4n) is 2.11. The minimum atomic E-state index is 0.860. The van der Waals surface area contributed by atoms with Crippen LogP contribution in [-0.2, 0) is 13.1 Å². The molecule has 1 aliphatic rings. The van der Waals surface area contributed by atoms with Crippen molar-refractivity contribution in [1.82, 2.24) is 19.8 Å². The molecule has 0 saturated heterocycles. The third-order valence-corrected chi connectivity index (χ3v) is 3.36. The van der Waals surface area contributed by atoms with Gasteiger partial charge in [-0.25, -0.2) is 4.98 Å². The molecule has 0 amide bonds. The molecular formula is C13H24N4. The Bertz CT molecular complexity index is 330. The minimum absolute atomic E-state index is 0.860. The SMILES string of the molecule is CCCn1ccnc1CNCCN(C)C1CC1. The van der Waals surface area contributed by atoms with Gasteiger partial charge < -0.3 is 14.8 Å². The molecule has 0 bridgehead atoms. The van der Waals surface area contributed by atoms with E-state index in [2.05, 4.69) is 39.9 Å². The lowest BCUT2D eigenvalue weighted by atomic mass is 10.4. The van der Waals surface area contributed by atoms with E-state index in [0.29, 0.717) is 0 Å². The predicted octanol–water partition coefficient (Wildman–Crippen LogP) is 1.48. The van der Waals surface area contributed by atoms with E-state index in [1.165, 1.54) is 12.8 Å². The van der Waals surface area contributed by atoms with Crippen LogP contribution in [0.25, 0.3) is 0 Å². The first-order chi connectivity index (χ1) is 8.31. The number of hydrogen-bond acceptors (Lipinski definition) is 3. The number of imidazole rings is 1. The van der Waals surface area contributed by atoms with Crippen molar-refractivity contribution in [3.63, 3.8) is 0 Å². The number of nitrogens with zero attached hydrogens (tertiary/aromatic N) is 3. The summed E-state index contributed by atoms with van der Waals surface area (Å²) in [5.74, 6) is 1.15. The molecule has 1 fully saturated rings. The van der Waals surface area contributed by atoms with Crippen LogP contribution < -0.4 is 5.32 Å². The van der Waals surface area contributed by atoms with Gasteiger partial charge in [-0.3, -0.25) is 0 Å². The Morgan fingerprint density at radius 2 is 2.35 bits per heavy atom. The monoisotopic (exact) mass is 236 g/mol. The maximum Gasteiger partial charge on any atom is 0.122 e. The second-order valence-corrected chi connectivity index (χ2v) is 4.93. The van der Waals surface area contributed by atoms with Crippen LogP contribution >= 0.6 is 0 Å². The first kappa shape index (κ1) is 12.6. The van der Waals surface area contributed by atoms with Gasteiger partial charge in [0.1, 0.15) is 5.82 Å². The Kier molecular flexibility index (Phi) is 4.57. The molecule has 4 nitrogen and oxygen atoms in total. The van der Waals surface area contributed by atoms with Gasteiger partial charge in [0.25, 0.3) is 0 Å². The molecule has 0 unspecified atom stereocenters. The highest BCUT2D eigenvalue weighted by Crippen LogP contribution is 2.24. The molecule has 1 heterocycles. The lowest BCUT2D eigenvalue weighted by Gasteiger charge is -2.15. The summed E-state index contributed by atoms with van der Waals surface area (Å²) in [4.78, 5) is 6.84. The smallest absolute Gasteiger partial charge is 0.122 e. The maximum atomic E-state index is 4.39. The molecule has 2 rings (SSSR count). The van der Waals surface area contributed by atoms with Crippen molar-refractivity contribution in [3.05, 3.63) is 18.2 Å². The Labute approximate surface area is 104 Å². The third-order valence-electron chi connectivity index (χ3n) is 3.36. The van der Waals surface area contributed by atoms with Crippen LogP contribution in [-0.4, -0.2) is 40.6 Å². The van der Waals surface area contributed by atoms with Crippen molar-refractivity contribution < 1.29 is 0 Å². The zero-order valence-electron chi connectivity index (χ0n) is 11.0. The van der Waals surface area contributed by atoms with Crippen molar-refractivity contribution >= 4 is 0 Å². The standard InChI is InChI=1S/C13H24N4/c1-3-8-17-10-7-15-13(17)11-14-6-9-16(2)12-4-5-12/h7,10,12,14H,3-6,8-9,11H2,1-2H3. The van der Waals surface area contributed by atoms with Gasteiger partial charge in [-0.1, -0.05) is 6.92 Å². The average molecular weight is 236 g/mol. The largest absolute Gasteiger partial charge is 0.334 e. The van der Waals surface area contributed by atoms with E-state index in [0.717, 1.165) is 44.5 Å². The van der Waals surface area contributed by atoms with Gasteiger partial charge in [-0.15, -0.1) is 0 Å². The molecule has 17 heavy (non-hydrogen) atoms. The minimum Gasteiger partial charge on any atom is -0.334 e. The summed E-state index contributed by atoms with van der Waals surface area (Å²) in [6, 6.07) is 0.860. The number of hydrogen-bond donors (Lipinski definition) is 1. The third kappa shape index (κ3) is 3.82. The summed E-state index contributed by atoms with van der Waals surface area (Å²) in [7, 11) is 2.22. The Morgan fingerprint density at radius 1 is 1.53 bits per heavy atom. The summed E-state index contributed by atoms with van der Waals surface area (Å²) in [6.07, 6.45) is 7.89. The first-order valence-electron chi connectivity index (χ1n) is 6.72. The normalized spacial score (nSPS) is 15.7. The molecule has 1 N–H and O–H groups in total. The van der Waals surface area contributed by atoms with Gasteiger partial charge in [-0.05, 0) is 26.3 Å². The predicted molar refractivity (Wildman–Crippen MR) is 69.9 cm³/mol. The van der Waals surface area contributed by atoms with Crippen molar-refractivity contribution in [2.45, 2.75) is 45.3 Å². The van der Waals surface area contributed by atoms with Crippen LogP contribution in [0.3, 0.4) is 0 Å². The molecule has 0 radical (unpaired) electrons. The molecule has 96 valence electrons. The van der Waals surface area contributed by atoms with Crippen LogP contribution in [0.1, 0.15) is 32.0 Å². The summed E-state index contributed by atoms with van der Waals surface area (Å²) in [6.45, 7) is 6.33. The zero-order chi connectivity index (χ0) is 12.1. The Morgan fingerprint density at radius 3 is 3.06 bits per heavy atom. The fraction of sp³-hybridized carbons (Fsp3) is 0.769. The van der Waals surface area contributed by atoms with Crippen LogP contribution in [0.15, 0.2) is 12.4 Å². The van der Waals surface area contributed by atoms with Crippen molar-refractivity contribution in [2.75, 3.05) is 20.1 Å². The summed E-state index contributed by atoms with van der Waals surface area (Å²) in [5.41, 5.74) is 0. The van der Waals surface area contributed by atoms with E-state index in [9.17, 15) is 0 Å². The lowest BCUT2D eigenvalue weighted by Crippen LogP contribution is -2.31. The summed E-state index contributed by atoms with van der Waals surface area (Å²) < 4.78 is 2.23.